The van der Waals surface area contributed by atoms with Crippen LogP contribution in [-0.4, -0.2) is 12.5 Å². The molecule has 0 fully saturated rings. The fourth-order valence-electron chi connectivity index (χ4n) is 2.14. The van der Waals surface area contributed by atoms with Gasteiger partial charge in [0.05, 0.1) is 0 Å². The molecule has 0 heterocycles. The molecule has 0 bridgehead atoms. The molecule has 2 rings (SSSR count). The summed E-state index contributed by atoms with van der Waals surface area (Å²) in [5, 5.41) is 0. The zero-order chi connectivity index (χ0) is 15.8. The summed E-state index contributed by atoms with van der Waals surface area (Å²) < 4.78 is 16.8. The van der Waals surface area contributed by atoms with Crippen LogP contribution >= 0.6 is 12.4 Å². The lowest BCUT2D eigenvalue weighted by atomic mass is 10.2. The van der Waals surface area contributed by atoms with Gasteiger partial charge in [0.1, 0.15) is 5.75 Å². The first kappa shape index (κ1) is 16.2. The number of primary amides is 1. The molecule has 116 valence electrons. The number of para-hydroxylation sites is 1. The van der Waals surface area contributed by atoms with Gasteiger partial charge in [0, 0.05) is 24.3 Å². The normalized spacial score (nSPS) is 10.2. The zero-order valence-electron chi connectivity index (χ0n) is 11.9. The fourth-order valence-corrected chi connectivity index (χ4v) is 2.33. The number of halogens is 1. The van der Waals surface area contributed by atoms with E-state index in [1.54, 1.807) is 12.1 Å². The molecular formula is C16H17FN2O2S. The molecule has 0 atom stereocenters. The minimum Gasteiger partial charge on any atom is -0.397 e. The molecule has 0 radical (unpaired) electrons. The van der Waals surface area contributed by atoms with Crippen molar-refractivity contribution in [1.82, 2.24) is 0 Å². The van der Waals surface area contributed by atoms with E-state index in [0.29, 0.717) is 25.1 Å². The second-order valence-corrected chi connectivity index (χ2v) is 4.99. The van der Waals surface area contributed by atoms with Crippen LogP contribution in [0.4, 0.5) is 15.3 Å². The van der Waals surface area contributed by atoms with Gasteiger partial charge in [-0.15, -0.1) is 3.89 Å². The Labute approximate surface area is 133 Å². The Hall–Kier alpha value is -2.21. The summed E-state index contributed by atoms with van der Waals surface area (Å²) in [6.07, 6.45) is 0.992. The van der Waals surface area contributed by atoms with Crippen LogP contribution in [0.2, 0.25) is 0 Å². The summed E-state index contributed by atoms with van der Waals surface area (Å²) in [6, 6.07) is 16.9. The minimum absolute atomic E-state index is 0.183. The van der Waals surface area contributed by atoms with Crippen LogP contribution in [0.25, 0.3) is 0 Å². The molecule has 0 aliphatic rings. The van der Waals surface area contributed by atoms with Gasteiger partial charge in [0.15, 0.2) is 0 Å². The maximum absolute atomic E-state index is 12.1. The number of carbonyl (C=O) groups is 1. The molecule has 0 saturated carbocycles. The SMILES string of the molecule is NC(=O)CCCN(c1ccccc1)c1ccc(OSF)cc1. The standard InChI is InChI=1S/C16H17FN2O2S/c17-22-21-15-10-8-14(9-11-15)19(12-4-7-16(18)20)13-5-2-1-3-6-13/h1-3,5-6,8-11H,4,7,12H2,(H2,18,20). The number of amides is 1. The average Bonchev–Trinajstić information content (AvgIpc) is 2.53. The van der Waals surface area contributed by atoms with Crippen molar-refractivity contribution in [1.29, 1.82) is 0 Å². The number of hydrogen-bond acceptors (Lipinski definition) is 4. The Kier molecular flexibility index (Phi) is 6.09. The molecule has 0 aromatic heterocycles. The van der Waals surface area contributed by atoms with E-state index in [-0.39, 0.29) is 18.3 Å². The number of nitrogens with two attached hydrogens (primary N) is 1. The Morgan fingerprint density at radius 2 is 1.73 bits per heavy atom. The van der Waals surface area contributed by atoms with Crippen LogP contribution in [0.5, 0.6) is 5.75 Å². The fraction of sp³-hybridized carbons (Fsp3) is 0.188. The van der Waals surface area contributed by atoms with Crippen molar-refractivity contribution in [3.63, 3.8) is 0 Å². The predicted molar refractivity (Wildman–Crippen MR) is 87.6 cm³/mol. The van der Waals surface area contributed by atoms with Gasteiger partial charge < -0.3 is 14.8 Å². The van der Waals surface area contributed by atoms with Crippen LogP contribution in [0.3, 0.4) is 0 Å². The molecule has 1 amide bonds. The Morgan fingerprint density at radius 3 is 2.32 bits per heavy atom. The molecule has 0 aliphatic heterocycles. The maximum atomic E-state index is 12.1. The first-order chi connectivity index (χ1) is 10.7. The highest BCUT2D eigenvalue weighted by molar-refractivity contribution is 7.89. The van der Waals surface area contributed by atoms with Gasteiger partial charge in [-0.1, -0.05) is 18.2 Å². The molecule has 4 nitrogen and oxygen atoms in total. The second kappa shape index (κ2) is 8.29. The highest BCUT2D eigenvalue weighted by Gasteiger charge is 2.10. The van der Waals surface area contributed by atoms with Gasteiger partial charge in [0.2, 0.25) is 5.91 Å². The van der Waals surface area contributed by atoms with Crippen LogP contribution in [0.1, 0.15) is 12.8 Å². The van der Waals surface area contributed by atoms with E-state index < -0.39 is 0 Å². The van der Waals surface area contributed by atoms with Gasteiger partial charge in [-0.05, 0) is 42.8 Å². The summed E-state index contributed by atoms with van der Waals surface area (Å²) in [4.78, 5) is 13.0. The lowest BCUT2D eigenvalue weighted by molar-refractivity contribution is -0.118. The average molecular weight is 320 g/mol. The van der Waals surface area contributed by atoms with Crippen molar-refractivity contribution in [3.05, 3.63) is 54.6 Å². The maximum Gasteiger partial charge on any atom is 0.272 e. The van der Waals surface area contributed by atoms with Crippen molar-refractivity contribution in [3.8, 4) is 5.75 Å². The summed E-state index contributed by atoms with van der Waals surface area (Å²) in [5.74, 6) is 0.137. The third-order valence-corrected chi connectivity index (χ3v) is 3.40. The molecule has 2 N–H and O–H groups in total. The van der Waals surface area contributed by atoms with Gasteiger partial charge in [-0.25, -0.2) is 0 Å². The third-order valence-electron chi connectivity index (χ3n) is 3.15. The van der Waals surface area contributed by atoms with E-state index in [4.69, 9.17) is 9.92 Å². The number of benzene rings is 2. The van der Waals surface area contributed by atoms with E-state index >= 15 is 0 Å². The molecule has 22 heavy (non-hydrogen) atoms. The molecular weight excluding hydrogens is 303 g/mol. The summed E-state index contributed by atoms with van der Waals surface area (Å²) in [6.45, 7) is 0.658. The number of rotatable bonds is 8. The molecule has 0 saturated heterocycles. The van der Waals surface area contributed by atoms with Gasteiger partial charge in [0.25, 0.3) is 12.4 Å². The van der Waals surface area contributed by atoms with Crippen molar-refractivity contribution in [2.75, 3.05) is 11.4 Å². The smallest absolute Gasteiger partial charge is 0.272 e. The summed E-state index contributed by atoms with van der Waals surface area (Å²) in [5.41, 5.74) is 7.15. The van der Waals surface area contributed by atoms with E-state index in [0.717, 1.165) is 11.4 Å². The second-order valence-electron chi connectivity index (χ2n) is 4.70. The van der Waals surface area contributed by atoms with Gasteiger partial charge in [-0.3, -0.25) is 4.79 Å². The molecule has 0 unspecified atom stereocenters. The van der Waals surface area contributed by atoms with Crippen LogP contribution in [0.15, 0.2) is 54.6 Å². The van der Waals surface area contributed by atoms with E-state index in [2.05, 4.69) is 4.90 Å². The topological polar surface area (TPSA) is 55.6 Å². The number of hydrogen-bond donors (Lipinski definition) is 1. The predicted octanol–water partition coefficient (Wildman–Crippen LogP) is 4.00. The van der Waals surface area contributed by atoms with Gasteiger partial charge >= 0.3 is 0 Å². The Bertz CT molecular complexity index is 593. The highest BCUT2D eigenvalue weighted by atomic mass is 32.2. The first-order valence-corrected chi connectivity index (χ1v) is 7.51. The quantitative estimate of drug-likeness (QED) is 0.747. The van der Waals surface area contributed by atoms with E-state index in [1.165, 1.54) is 0 Å². The number of nitrogens with zero attached hydrogens (tertiary/aromatic N) is 1. The first-order valence-electron chi connectivity index (χ1n) is 6.87. The minimum atomic E-state index is -0.309. The monoisotopic (exact) mass is 320 g/mol. The van der Waals surface area contributed by atoms with E-state index in [9.17, 15) is 8.68 Å². The van der Waals surface area contributed by atoms with Crippen LogP contribution in [0, 0.1) is 0 Å². The largest absolute Gasteiger partial charge is 0.397 e. The molecule has 6 heteroatoms. The van der Waals surface area contributed by atoms with Crippen molar-refractivity contribution < 1.29 is 12.9 Å². The van der Waals surface area contributed by atoms with Crippen LogP contribution in [-0.2, 0) is 4.79 Å². The van der Waals surface area contributed by atoms with Crippen molar-refractivity contribution >= 4 is 29.7 Å². The van der Waals surface area contributed by atoms with Crippen LogP contribution < -0.4 is 14.8 Å². The molecule has 0 aliphatic carbocycles. The number of carbonyl (C=O) groups excluding carboxylic acids is 1. The number of anilines is 2. The summed E-state index contributed by atoms with van der Waals surface area (Å²) >= 11 is -0.183. The van der Waals surface area contributed by atoms with E-state index in [1.807, 2.05) is 42.5 Å². The Balaban J connectivity index is 2.17. The van der Waals surface area contributed by atoms with Crippen molar-refractivity contribution in [2.24, 2.45) is 5.73 Å². The molecule has 2 aromatic rings. The highest BCUT2D eigenvalue weighted by Crippen LogP contribution is 2.28. The molecule has 2 aromatic carbocycles. The summed E-state index contributed by atoms with van der Waals surface area (Å²) in [7, 11) is 0. The Morgan fingerprint density at radius 1 is 1.09 bits per heavy atom. The third kappa shape index (κ3) is 4.66. The molecule has 0 spiro atoms. The lowest BCUT2D eigenvalue weighted by Gasteiger charge is -2.25. The van der Waals surface area contributed by atoms with Gasteiger partial charge in [-0.2, -0.15) is 0 Å². The zero-order valence-corrected chi connectivity index (χ0v) is 12.8. The van der Waals surface area contributed by atoms with Crippen molar-refractivity contribution in [2.45, 2.75) is 12.8 Å². The lowest BCUT2D eigenvalue weighted by Crippen LogP contribution is -2.20.